The van der Waals surface area contributed by atoms with Gasteiger partial charge in [-0.25, -0.2) is 4.79 Å². The highest BCUT2D eigenvalue weighted by molar-refractivity contribution is 5.94. The Morgan fingerprint density at radius 2 is 0.973 bits per heavy atom. The van der Waals surface area contributed by atoms with Gasteiger partial charge in [0.25, 0.3) is 0 Å². The maximum Gasteiger partial charge on any atom is 0.326 e. The van der Waals surface area contributed by atoms with Gasteiger partial charge in [-0.3, -0.25) is 24.0 Å². The molecule has 0 aromatic carbocycles. The molecule has 0 saturated carbocycles. The van der Waals surface area contributed by atoms with Gasteiger partial charge in [0.15, 0.2) is 0 Å². The first-order chi connectivity index (χ1) is 17.4. The molecule has 0 aromatic heterocycles. The minimum absolute atomic E-state index is 0.0677. The zero-order chi connectivity index (χ0) is 28.4. The summed E-state index contributed by atoms with van der Waals surface area (Å²) in [7, 11) is 0. The van der Waals surface area contributed by atoms with Gasteiger partial charge in [-0.1, -0.05) is 6.42 Å². The van der Waals surface area contributed by atoms with Gasteiger partial charge in [-0.2, -0.15) is 0 Å². The summed E-state index contributed by atoms with van der Waals surface area (Å²) in [6, 6.07) is -5.03. The number of nitrogens with one attached hydrogen (secondary N) is 3. The Bertz CT molecular complexity index is 780. The first-order valence-electron chi connectivity index (χ1n) is 12.2. The highest BCUT2D eigenvalue weighted by atomic mass is 16.4. The van der Waals surface area contributed by atoms with Gasteiger partial charge < -0.3 is 48.5 Å². The van der Waals surface area contributed by atoms with Crippen LogP contribution in [-0.4, -0.2) is 88.2 Å². The summed E-state index contributed by atoms with van der Waals surface area (Å²) in [5.74, 6) is -6.30. The van der Waals surface area contributed by atoms with Crippen molar-refractivity contribution in [1.29, 1.82) is 0 Å². The third-order valence-electron chi connectivity index (χ3n) is 5.43. The van der Waals surface area contributed by atoms with Crippen LogP contribution >= 0.6 is 0 Å². The van der Waals surface area contributed by atoms with Crippen molar-refractivity contribution in [3.05, 3.63) is 0 Å². The summed E-state index contributed by atoms with van der Waals surface area (Å²) in [4.78, 5) is 71.6. The van der Waals surface area contributed by atoms with Crippen LogP contribution in [0.4, 0.5) is 0 Å². The Kier molecular flexibility index (Phi) is 17.2. The van der Waals surface area contributed by atoms with Crippen molar-refractivity contribution in [3.63, 3.8) is 0 Å². The second-order valence-corrected chi connectivity index (χ2v) is 8.56. The first-order valence-corrected chi connectivity index (χ1v) is 12.2. The molecule has 212 valence electrons. The molecule has 4 atom stereocenters. The number of carbonyl (C=O) groups is 6. The lowest BCUT2D eigenvalue weighted by Crippen LogP contribution is -2.57. The number of nitrogens with two attached hydrogens (primary N) is 3. The number of aliphatic carboxylic acids is 3. The van der Waals surface area contributed by atoms with Crippen LogP contribution in [-0.2, 0) is 28.8 Å². The molecule has 0 spiro atoms. The summed E-state index contributed by atoms with van der Waals surface area (Å²) in [6.07, 6.45) is 0.857. The molecule has 15 nitrogen and oxygen atoms in total. The summed E-state index contributed by atoms with van der Waals surface area (Å²) in [5, 5.41) is 34.2. The fraction of sp³-hybridized carbons (Fsp3) is 0.727. The lowest BCUT2D eigenvalue weighted by Gasteiger charge is -2.25. The van der Waals surface area contributed by atoms with E-state index in [1.165, 1.54) is 0 Å². The molecular weight excluding hydrogens is 492 g/mol. The second kappa shape index (κ2) is 18.9. The Labute approximate surface area is 214 Å². The molecule has 12 N–H and O–H groups in total. The molecule has 37 heavy (non-hydrogen) atoms. The lowest BCUT2D eigenvalue weighted by molar-refractivity contribution is -0.143. The highest BCUT2D eigenvalue weighted by Gasteiger charge is 2.30. The number of carboxylic acid groups (broad SMARTS) is 3. The third kappa shape index (κ3) is 15.4. The van der Waals surface area contributed by atoms with E-state index in [4.69, 9.17) is 27.4 Å². The van der Waals surface area contributed by atoms with Crippen LogP contribution in [0.25, 0.3) is 0 Å². The zero-order valence-electron chi connectivity index (χ0n) is 20.8. The Hall–Kier alpha value is -3.30. The predicted molar refractivity (Wildman–Crippen MR) is 131 cm³/mol. The topological polar surface area (TPSA) is 277 Å². The molecule has 0 heterocycles. The summed E-state index contributed by atoms with van der Waals surface area (Å²) in [5.41, 5.74) is 16.8. The minimum Gasteiger partial charge on any atom is -0.481 e. The van der Waals surface area contributed by atoms with Crippen LogP contribution in [0.15, 0.2) is 0 Å². The smallest absolute Gasteiger partial charge is 0.326 e. The van der Waals surface area contributed by atoms with Crippen LogP contribution in [0.1, 0.15) is 64.2 Å². The van der Waals surface area contributed by atoms with Crippen molar-refractivity contribution in [2.24, 2.45) is 17.2 Å². The molecule has 3 amide bonds. The number of hydrogen-bond donors (Lipinski definition) is 9. The Morgan fingerprint density at radius 3 is 1.43 bits per heavy atom. The third-order valence-corrected chi connectivity index (χ3v) is 5.43. The van der Waals surface area contributed by atoms with Gasteiger partial charge in [0.1, 0.15) is 18.1 Å². The molecular formula is C22H40N6O9. The predicted octanol–water partition coefficient (Wildman–Crippen LogP) is -2.16. The molecule has 0 saturated heterocycles. The van der Waals surface area contributed by atoms with Gasteiger partial charge in [-0.05, 0) is 58.0 Å². The van der Waals surface area contributed by atoms with Crippen LogP contribution < -0.4 is 33.2 Å². The van der Waals surface area contributed by atoms with Gasteiger partial charge in [0.05, 0.1) is 6.04 Å². The number of carbonyl (C=O) groups excluding carboxylic acids is 3. The molecule has 0 bridgehead atoms. The van der Waals surface area contributed by atoms with Gasteiger partial charge in [0, 0.05) is 12.8 Å². The van der Waals surface area contributed by atoms with Gasteiger partial charge in [0.2, 0.25) is 17.7 Å². The average molecular weight is 533 g/mol. The zero-order valence-corrected chi connectivity index (χ0v) is 20.8. The molecule has 0 fully saturated rings. The number of hydrogen-bond acceptors (Lipinski definition) is 9. The average Bonchev–Trinajstić information content (AvgIpc) is 2.82. The lowest BCUT2D eigenvalue weighted by atomic mass is 10.0. The SMILES string of the molecule is NCCCC[C@H](NC(=O)[C@H](CCC(=O)O)NC(=O)[C@@H](N)CCCCN)C(=O)N[C@@H](CCC(=O)O)C(=O)O. The molecule has 0 aliphatic heterocycles. The van der Waals surface area contributed by atoms with Crippen LogP contribution in [0.3, 0.4) is 0 Å². The van der Waals surface area contributed by atoms with Crippen LogP contribution in [0.5, 0.6) is 0 Å². The van der Waals surface area contributed by atoms with Crippen molar-refractivity contribution < 1.29 is 44.1 Å². The van der Waals surface area contributed by atoms with E-state index in [1.807, 2.05) is 0 Å². The second-order valence-electron chi connectivity index (χ2n) is 8.56. The maximum absolute atomic E-state index is 13.0. The van der Waals surface area contributed by atoms with Crippen LogP contribution in [0.2, 0.25) is 0 Å². The summed E-state index contributed by atoms with van der Waals surface area (Å²) >= 11 is 0. The number of amides is 3. The molecule has 15 heteroatoms. The monoisotopic (exact) mass is 532 g/mol. The molecule has 0 aliphatic rings. The van der Waals surface area contributed by atoms with Gasteiger partial charge >= 0.3 is 17.9 Å². The van der Waals surface area contributed by atoms with E-state index in [1.54, 1.807) is 0 Å². The fourth-order valence-electron chi connectivity index (χ4n) is 3.29. The number of unbranched alkanes of at least 4 members (excludes halogenated alkanes) is 2. The molecule has 0 aromatic rings. The van der Waals surface area contributed by atoms with Crippen molar-refractivity contribution >= 4 is 35.6 Å². The normalized spacial score (nSPS) is 14.0. The minimum atomic E-state index is -1.51. The number of carboxylic acids is 3. The van der Waals surface area contributed by atoms with E-state index in [9.17, 15) is 33.9 Å². The highest BCUT2D eigenvalue weighted by Crippen LogP contribution is 2.07. The van der Waals surface area contributed by atoms with Crippen molar-refractivity contribution in [2.75, 3.05) is 13.1 Å². The molecule has 0 rings (SSSR count). The van der Waals surface area contributed by atoms with E-state index in [-0.39, 0.29) is 19.3 Å². The Morgan fingerprint density at radius 1 is 0.568 bits per heavy atom. The van der Waals surface area contributed by atoms with Gasteiger partial charge in [-0.15, -0.1) is 0 Å². The van der Waals surface area contributed by atoms with Crippen molar-refractivity contribution in [1.82, 2.24) is 16.0 Å². The van der Waals surface area contributed by atoms with Crippen molar-refractivity contribution in [3.8, 4) is 0 Å². The van der Waals surface area contributed by atoms with Crippen molar-refractivity contribution in [2.45, 2.75) is 88.4 Å². The fourth-order valence-corrected chi connectivity index (χ4v) is 3.29. The molecule has 0 aliphatic carbocycles. The van der Waals surface area contributed by atoms with E-state index >= 15 is 0 Å². The van der Waals surface area contributed by atoms with E-state index in [0.29, 0.717) is 45.2 Å². The largest absolute Gasteiger partial charge is 0.481 e. The Balaban J connectivity index is 5.53. The summed E-state index contributed by atoms with van der Waals surface area (Å²) < 4.78 is 0. The standard InChI is InChI=1S/C22H40N6O9/c23-11-3-1-5-13(25)19(33)26-15(7-9-17(29)30)21(35)27-14(6-2-4-12-24)20(34)28-16(22(36)37)8-10-18(31)32/h13-16H,1-12,23-25H2,(H,26,33)(H,27,35)(H,28,34)(H,29,30)(H,31,32)(H,36,37)/t13-,14-,15-,16-/m0/s1. The molecule has 0 radical (unpaired) electrons. The van der Waals surface area contributed by atoms with E-state index in [0.717, 1.165) is 0 Å². The van der Waals surface area contributed by atoms with E-state index < -0.39 is 72.6 Å². The van der Waals surface area contributed by atoms with E-state index in [2.05, 4.69) is 16.0 Å². The summed E-state index contributed by atoms with van der Waals surface area (Å²) in [6.45, 7) is 0.725. The molecule has 0 unspecified atom stereocenters. The maximum atomic E-state index is 13.0. The quantitative estimate of drug-likeness (QED) is 0.0715. The first kappa shape index (κ1) is 33.7. The number of rotatable bonds is 21. The van der Waals surface area contributed by atoms with Crippen LogP contribution in [0, 0.1) is 0 Å².